The molecule has 0 aliphatic heterocycles. The van der Waals surface area contributed by atoms with E-state index in [-0.39, 0.29) is 5.52 Å². The van der Waals surface area contributed by atoms with Gasteiger partial charge in [-0.2, -0.15) is 8.42 Å². The molecule has 78 valence electrons. The van der Waals surface area contributed by atoms with Gasteiger partial charge in [0.15, 0.2) is 0 Å². The topological polar surface area (TPSA) is 47.0 Å². The van der Waals surface area contributed by atoms with Crippen molar-refractivity contribution >= 4 is 37.1 Å². The van der Waals surface area contributed by atoms with E-state index in [0.717, 1.165) is 0 Å². The molecule has 0 atom stereocenters. The van der Waals surface area contributed by atoms with Gasteiger partial charge in [-0.25, -0.2) is 0 Å². The van der Waals surface area contributed by atoms with Crippen molar-refractivity contribution in [3.05, 3.63) is 34.9 Å². The normalized spacial score (nSPS) is 11.9. The van der Waals surface area contributed by atoms with Gasteiger partial charge in [0.25, 0.3) is 0 Å². The van der Waals surface area contributed by atoms with Crippen LogP contribution in [0, 0.1) is 0 Å². The summed E-state index contributed by atoms with van der Waals surface area (Å²) in [5.41, 5.74) is 0.142. The fraction of sp³-hybridized carbons (Fsp3) is 0. The Morgan fingerprint density at radius 2 is 2.07 bits per heavy atom. The third-order valence-electron chi connectivity index (χ3n) is 1.90. The second-order valence-corrected chi connectivity index (χ2v) is 5.15. The molecule has 0 bridgehead atoms. The maximum Gasteiger partial charge on any atom is 0.334 e. The zero-order valence-corrected chi connectivity index (χ0v) is 9.72. The van der Waals surface area contributed by atoms with E-state index in [1.165, 1.54) is 18.3 Å². The number of fused-ring (bicyclic) bond motifs is 1. The highest BCUT2D eigenvalue weighted by molar-refractivity contribution is 9.10. The van der Waals surface area contributed by atoms with Crippen molar-refractivity contribution in [3.8, 4) is 0 Å². The number of hydrogen-bond donors (Lipinski definition) is 0. The smallest absolute Gasteiger partial charge is 0.254 e. The number of pyridine rings is 1. The molecule has 0 radical (unpaired) electrons. The fourth-order valence-electron chi connectivity index (χ4n) is 1.30. The van der Waals surface area contributed by atoms with E-state index in [1.807, 2.05) is 0 Å². The van der Waals surface area contributed by atoms with Crippen LogP contribution in [0.15, 0.2) is 39.8 Å². The number of aromatic nitrogens is 1. The van der Waals surface area contributed by atoms with E-state index in [9.17, 15) is 12.3 Å². The maximum absolute atomic E-state index is 12.9. The van der Waals surface area contributed by atoms with Gasteiger partial charge in [-0.1, -0.05) is 12.1 Å². The van der Waals surface area contributed by atoms with Crippen molar-refractivity contribution in [3.63, 3.8) is 0 Å². The molecule has 0 fully saturated rings. The van der Waals surface area contributed by atoms with E-state index in [0.29, 0.717) is 9.86 Å². The third-order valence-corrected chi connectivity index (χ3v) is 3.19. The second-order valence-electron chi connectivity index (χ2n) is 2.92. The lowest BCUT2D eigenvalue weighted by atomic mass is 10.2. The summed E-state index contributed by atoms with van der Waals surface area (Å²) in [6.45, 7) is 0. The van der Waals surface area contributed by atoms with Crippen molar-refractivity contribution in [1.29, 1.82) is 0 Å². The summed E-state index contributed by atoms with van der Waals surface area (Å²) < 4.78 is 35.2. The van der Waals surface area contributed by atoms with Gasteiger partial charge in [0.1, 0.15) is 4.90 Å². The van der Waals surface area contributed by atoms with E-state index < -0.39 is 15.1 Å². The van der Waals surface area contributed by atoms with Gasteiger partial charge < -0.3 is 0 Å². The first-order valence-corrected chi connectivity index (χ1v) is 6.15. The summed E-state index contributed by atoms with van der Waals surface area (Å²) in [7, 11) is -4.72. The number of nitrogens with zero attached hydrogens (tertiary/aromatic N) is 1. The van der Waals surface area contributed by atoms with Gasteiger partial charge in [-0.05, 0) is 28.1 Å². The summed E-state index contributed by atoms with van der Waals surface area (Å²) in [5.74, 6) is 0. The molecule has 6 heteroatoms. The van der Waals surface area contributed by atoms with Gasteiger partial charge in [0.2, 0.25) is 0 Å². The lowest BCUT2D eigenvalue weighted by Gasteiger charge is -2.01. The molecule has 0 unspecified atom stereocenters. The molecule has 1 aromatic heterocycles. The number of hydrogen-bond acceptors (Lipinski definition) is 3. The van der Waals surface area contributed by atoms with Crippen molar-refractivity contribution < 1.29 is 12.3 Å². The average Bonchev–Trinajstić information content (AvgIpc) is 2.15. The Hall–Kier alpha value is -1.01. The summed E-state index contributed by atoms with van der Waals surface area (Å²) in [6.07, 6.45) is 1.43. The molecule has 0 aliphatic carbocycles. The minimum absolute atomic E-state index is 0.142. The van der Waals surface area contributed by atoms with Crippen LogP contribution < -0.4 is 0 Å². The molecule has 2 aromatic rings. The standard InChI is InChI=1S/C9H5BrFNO2S/c10-7-4-6-2-1-3-8(15(11,13)14)9(6)12-5-7/h1-5H. The minimum Gasteiger partial charge on any atom is -0.254 e. The van der Waals surface area contributed by atoms with Crippen LogP contribution >= 0.6 is 15.9 Å². The van der Waals surface area contributed by atoms with Gasteiger partial charge in [0, 0.05) is 16.1 Å². The average molecular weight is 290 g/mol. The number of rotatable bonds is 1. The number of para-hydroxylation sites is 1. The Labute approximate surface area is 94.3 Å². The Morgan fingerprint density at radius 1 is 1.33 bits per heavy atom. The van der Waals surface area contributed by atoms with Crippen LogP contribution in [0.4, 0.5) is 3.89 Å². The van der Waals surface area contributed by atoms with E-state index in [2.05, 4.69) is 20.9 Å². The summed E-state index contributed by atoms with van der Waals surface area (Å²) in [4.78, 5) is 3.49. The largest absolute Gasteiger partial charge is 0.334 e. The van der Waals surface area contributed by atoms with Crippen LogP contribution in [0.25, 0.3) is 10.9 Å². The lowest BCUT2D eigenvalue weighted by molar-refractivity contribution is 0.553. The van der Waals surface area contributed by atoms with Crippen molar-refractivity contribution in [2.45, 2.75) is 4.90 Å². The highest BCUT2D eigenvalue weighted by Crippen LogP contribution is 2.24. The summed E-state index contributed by atoms with van der Waals surface area (Å²) in [6, 6.07) is 6.01. The van der Waals surface area contributed by atoms with Gasteiger partial charge in [-0.3, -0.25) is 4.98 Å². The quantitative estimate of drug-likeness (QED) is 0.759. The minimum atomic E-state index is -4.72. The molecule has 0 spiro atoms. The van der Waals surface area contributed by atoms with Crippen molar-refractivity contribution in [1.82, 2.24) is 4.98 Å². The first kappa shape index (κ1) is 10.5. The van der Waals surface area contributed by atoms with Crippen LogP contribution in [-0.4, -0.2) is 13.4 Å². The van der Waals surface area contributed by atoms with E-state index >= 15 is 0 Å². The fourth-order valence-corrected chi connectivity index (χ4v) is 2.29. The number of benzene rings is 1. The first-order chi connectivity index (χ1) is 6.98. The molecule has 0 amide bonds. The summed E-state index contributed by atoms with van der Waals surface area (Å²) in [5, 5.41) is 0.572. The molecule has 1 heterocycles. The number of halogens is 2. The molecule has 2 rings (SSSR count). The van der Waals surface area contributed by atoms with Gasteiger partial charge in [0.05, 0.1) is 5.52 Å². The Morgan fingerprint density at radius 3 is 2.73 bits per heavy atom. The Bertz CT molecular complexity index is 627. The van der Waals surface area contributed by atoms with Crippen LogP contribution in [0.5, 0.6) is 0 Å². The molecule has 0 N–H and O–H groups in total. The molecule has 0 saturated carbocycles. The van der Waals surface area contributed by atoms with Gasteiger partial charge in [-0.15, -0.1) is 3.89 Å². The maximum atomic E-state index is 12.9. The molecule has 15 heavy (non-hydrogen) atoms. The molecule has 0 saturated heterocycles. The predicted molar refractivity (Wildman–Crippen MR) is 57.7 cm³/mol. The van der Waals surface area contributed by atoms with Crippen molar-refractivity contribution in [2.24, 2.45) is 0 Å². The van der Waals surface area contributed by atoms with Crippen LogP contribution in [-0.2, 0) is 10.2 Å². The van der Waals surface area contributed by atoms with E-state index in [4.69, 9.17) is 0 Å². The highest BCUT2D eigenvalue weighted by atomic mass is 79.9. The molecule has 0 aliphatic rings. The highest BCUT2D eigenvalue weighted by Gasteiger charge is 2.16. The predicted octanol–water partition coefficient (Wildman–Crippen LogP) is 2.66. The first-order valence-electron chi connectivity index (χ1n) is 3.97. The van der Waals surface area contributed by atoms with Crippen molar-refractivity contribution in [2.75, 3.05) is 0 Å². The summed E-state index contributed by atoms with van der Waals surface area (Å²) >= 11 is 3.20. The third kappa shape index (κ3) is 2.00. The van der Waals surface area contributed by atoms with Crippen LogP contribution in [0.3, 0.4) is 0 Å². The molecular formula is C9H5BrFNO2S. The van der Waals surface area contributed by atoms with Crippen LogP contribution in [0.1, 0.15) is 0 Å². The van der Waals surface area contributed by atoms with Gasteiger partial charge >= 0.3 is 10.2 Å². The Balaban J connectivity index is 2.89. The molecule has 3 nitrogen and oxygen atoms in total. The van der Waals surface area contributed by atoms with Crippen LogP contribution in [0.2, 0.25) is 0 Å². The zero-order chi connectivity index (χ0) is 11.1. The zero-order valence-electron chi connectivity index (χ0n) is 7.31. The van der Waals surface area contributed by atoms with E-state index in [1.54, 1.807) is 12.1 Å². The molecule has 1 aromatic carbocycles. The second kappa shape index (κ2) is 3.53. The Kier molecular flexibility index (Phi) is 2.47. The monoisotopic (exact) mass is 289 g/mol. The molecular weight excluding hydrogens is 285 g/mol. The lowest BCUT2D eigenvalue weighted by Crippen LogP contribution is -1.94. The SMILES string of the molecule is O=S(=O)(F)c1cccc2cc(Br)cnc12.